The lowest BCUT2D eigenvalue weighted by Gasteiger charge is -2.21. The Labute approximate surface area is 155 Å². The predicted octanol–water partition coefficient (Wildman–Crippen LogP) is 3.79. The highest BCUT2D eigenvalue weighted by Crippen LogP contribution is 2.33. The van der Waals surface area contributed by atoms with Crippen molar-refractivity contribution in [3.05, 3.63) is 21.4 Å². The van der Waals surface area contributed by atoms with Crippen molar-refractivity contribution in [3.63, 3.8) is 0 Å². The number of fused-ring (bicyclic) bond motifs is 1. The number of carbonyl (C=O) groups is 2. The molecule has 1 fully saturated rings. The lowest BCUT2D eigenvalue weighted by molar-refractivity contribution is -0.125. The van der Waals surface area contributed by atoms with E-state index in [1.54, 1.807) is 11.3 Å². The zero-order valence-electron chi connectivity index (χ0n) is 15.3. The van der Waals surface area contributed by atoms with Crippen molar-refractivity contribution in [1.29, 1.82) is 0 Å². The Bertz CT molecular complexity index is 603. The van der Waals surface area contributed by atoms with Crippen LogP contribution in [0.4, 0.5) is 0 Å². The van der Waals surface area contributed by atoms with Crippen LogP contribution < -0.4 is 5.32 Å². The maximum atomic E-state index is 12.8. The first-order valence-corrected chi connectivity index (χ1v) is 10.7. The number of thiophene rings is 1. The summed E-state index contributed by atoms with van der Waals surface area (Å²) in [7, 11) is 0. The zero-order valence-corrected chi connectivity index (χ0v) is 16.1. The maximum Gasteiger partial charge on any atom is 0.263 e. The molecule has 1 aromatic heterocycles. The third-order valence-corrected chi connectivity index (χ3v) is 6.61. The third kappa shape index (κ3) is 4.63. The Hall–Kier alpha value is -1.36. The molecule has 1 aliphatic heterocycles. The van der Waals surface area contributed by atoms with Crippen molar-refractivity contribution in [2.24, 2.45) is 5.92 Å². The summed E-state index contributed by atoms with van der Waals surface area (Å²) in [5, 5.41) is 3.06. The number of likely N-dealkylation sites (tertiary alicyclic amines) is 1. The van der Waals surface area contributed by atoms with Gasteiger partial charge >= 0.3 is 0 Å². The van der Waals surface area contributed by atoms with E-state index in [1.807, 2.05) is 4.90 Å². The van der Waals surface area contributed by atoms with Crippen molar-refractivity contribution in [2.75, 3.05) is 19.6 Å². The molecular formula is C20H30N2O2S. The van der Waals surface area contributed by atoms with Gasteiger partial charge in [-0.2, -0.15) is 0 Å². The number of rotatable bonds is 5. The fraction of sp³-hybridized carbons (Fsp3) is 0.700. The van der Waals surface area contributed by atoms with E-state index < -0.39 is 0 Å². The fourth-order valence-electron chi connectivity index (χ4n) is 3.82. The molecule has 1 aromatic rings. The van der Waals surface area contributed by atoms with Crippen LogP contribution in [-0.2, 0) is 17.6 Å². The van der Waals surface area contributed by atoms with Gasteiger partial charge in [-0.3, -0.25) is 9.59 Å². The Balaban J connectivity index is 1.62. The van der Waals surface area contributed by atoms with E-state index in [2.05, 4.69) is 18.3 Å². The standard InChI is InChI=1S/C20H30N2O2S/c1-2-3-10-21-19(23)15-8-9-17-16(13-15)14-18(25-17)20(24)22-11-6-4-5-7-12-22/h14-15H,2-13H2,1H3,(H,21,23)/t15-/m0/s1. The van der Waals surface area contributed by atoms with Crippen LogP contribution in [-0.4, -0.2) is 36.3 Å². The summed E-state index contributed by atoms with van der Waals surface area (Å²) < 4.78 is 0. The third-order valence-electron chi connectivity index (χ3n) is 5.39. The normalized spacial score (nSPS) is 20.7. The molecule has 1 saturated heterocycles. The predicted molar refractivity (Wildman–Crippen MR) is 102 cm³/mol. The molecule has 5 heteroatoms. The monoisotopic (exact) mass is 362 g/mol. The SMILES string of the molecule is CCCCNC(=O)[C@H]1CCc2sc(C(=O)N3CCCCCC3)cc2C1. The molecule has 0 radical (unpaired) electrons. The number of aryl methyl sites for hydroxylation is 1. The van der Waals surface area contributed by atoms with Gasteiger partial charge in [-0.1, -0.05) is 26.2 Å². The molecule has 0 bridgehead atoms. The highest BCUT2D eigenvalue weighted by molar-refractivity contribution is 7.14. The number of carbonyl (C=O) groups excluding carboxylic acids is 2. The van der Waals surface area contributed by atoms with Crippen molar-refractivity contribution < 1.29 is 9.59 Å². The highest BCUT2D eigenvalue weighted by atomic mass is 32.1. The van der Waals surface area contributed by atoms with Gasteiger partial charge in [0.2, 0.25) is 5.91 Å². The Morgan fingerprint density at radius 1 is 1.24 bits per heavy atom. The van der Waals surface area contributed by atoms with Crippen molar-refractivity contribution >= 4 is 23.2 Å². The number of hydrogen-bond donors (Lipinski definition) is 1. The van der Waals surface area contributed by atoms with Crippen LogP contribution in [0.1, 0.15) is 72.0 Å². The van der Waals surface area contributed by atoms with Gasteiger partial charge in [-0.15, -0.1) is 11.3 Å². The van der Waals surface area contributed by atoms with Gasteiger partial charge in [0.1, 0.15) is 0 Å². The van der Waals surface area contributed by atoms with Crippen LogP contribution in [0, 0.1) is 5.92 Å². The first-order chi connectivity index (χ1) is 12.2. The van der Waals surface area contributed by atoms with E-state index in [9.17, 15) is 9.59 Å². The minimum atomic E-state index is 0.0695. The van der Waals surface area contributed by atoms with Gasteiger partial charge in [-0.25, -0.2) is 0 Å². The summed E-state index contributed by atoms with van der Waals surface area (Å²) in [4.78, 5) is 29.4. The molecule has 3 rings (SSSR count). The molecule has 1 N–H and O–H groups in total. The molecule has 138 valence electrons. The lowest BCUT2D eigenvalue weighted by Crippen LogP contribution is -2.34. The van der Waals surface area contributed by atoms with E-state index in [4.69, 9.17) is 0 Å². The average molecular weight is 363 g/mol. The molecule has 1 atom stereocenters. The molecule has 25 heavy (non-hydrogen) atoms. The molecule has 0 saturated carbocycles. The summed E-state index contributed by atoms with van der Waals surface area (Å²) in [6, 6.07) is 2.07. The molecule has 0 aromatic carbocycles. The zero-order chi connectivity index (χ0) is 17.6. The minimum absolute atomic E-state index is 0.0695. The van der Waals surface area contributed by atoms with Crippen LogP contribution in [0.3, 0.4) is 0 Å². The molecular weight excluding hydrogens is 332 g/mol. The molecule has 2 heterocycles. The number of hydrogen-bond acceptors (Lipinski definition) is 3. The quantitative estimate of drug-likeness (QED) is 0.810. The average Bonchev–Trinajstić information content (AvgIpc) is 2.86. The molecule has 1 aliphatic carbocycles. The van der Waals surface area contributed by atoms with Crippen LogP contribution in [0.15, 0.2) is 6.07 Å². The first-order valence-electron chi connectivity index (χ1n) is 9.87. The van der Waals surface area contributed by atoms with Crippen molar-refractivity contribution in [2.45, 2.75) is 64.7 Å². The van der Waals surface area contributed by atoms with Crippen molar-refractivity contribution in [3.8, 4) is 0 Å². The summed E-state index contributed by atoms with van der Waals surface area (Å²) in [5.74, 6) is 0.455. The van der Waals surface area contributed by atoms with E-state index in [1.165, 1.54) is 23.3 Å². The van der Waals surface area contributed by atoms with Gasteiger partial charge < -0.3 is 10.2 Å². The van der Waals surface area contributed by atoms with Gasteiger partial charge in [0, 0.05) is 30.4 Å². The molecule has 2 amide bonds. The second kappa shape index (κ2) is 8.84. The molecule has 4 nitrogen and oxygen atoms in total. The molecule has 0 unspecified atom stereocenters. The van der Waals surface area contributed by atoms with Crippen LogP contribution in [0.2, 0.25) is 0 Å². The molecule has 2 aliphatic rings. The molecule has 0 spiro atoms. The van der Waals surface area contributed by atoms with Gasteiger partial charge in [0.25, 0.3) is 5.91 Å². The van der Waals surface area contributed by atoms with E-state index in [0.29, 0.717) is 0 Å². The Morgan fingerprint density at radius 2 is 2.00 bits per heavy atom. The van der Waals surface area contributed by atoms with E-state index in [-0.39, 0.29) is 17.7 Å². The summed E-state index contributed by atoms with van der Waals surface area (Å²) in [5.41, 5.74) is 1.23. The smallest absolute Gasteiger partial charge is 0.263 e. The van der Waals surface area contributed by atoms with Gasteiger partial charge in [-0.05, 0) is 50.2 Å². The second-order valence-electron chi connectivity index (χ2n) is 7.35. The summed E-state index contributed by atoms with van der Waals surface area (Å²) >= 11 is 1.66. The second-order valence-corrected chi connectivity index (χ2v) is 8.49. The number of nitrogens with one attached hydrogen (secondary N) is 1. The van der Waals surface area contributed by atoms with Crippen molar-refractivity contribution in [1.82, 2.24) is 10.2 Å². The minimum Gasteiger partial charge on any atom is -0.356 e. The van der Waals surface area contributed by atoms with E-state index in [0.717, 1.165) is 69.5 Å². The van der Waals surface area contributed by atoms with E-state index >= 15 is 0 Å². The Morgan fingerprint density at radius 3 is 2.72 bits per heavy atom. The maximum absolute atomic E-state index is 12.8. The largest absolute Gasteiger partial charge is 0.356 e. The van der Waals surface area contributed by atoms with Crippen LogP contribution in [0.25, 0.3) is 0 Å². The van der Waals surface area contributed by atoms with Gasteiger partial charge in [0.15, 0.2) is 0 Å². The summed E-state index contributed by atoms with van der Waals surface area (Å²) in [6.07, 6.45) is 9.48. The fourth-order valence-corrected chi connectivity index (χ4v) is 4.99. The first kappa shape index (κ1) is 18.4. The van der Waals surface area contributed by atoms with Crippen LogP contribution >= 0.6 is 11.3 Å². The van der Waals surface area contributed by atoms with Crippen LogP contribution in [0.5, 0.6) is 0 Å². The Kier molecular flexibility index (Phi) is 6.51. The number of nitrogens with zero attached hydrogens (tertiary/aromatic N) is 1. The topological polar surface area (TPSA) is 49.4 Å². The summed E-state index contributed by atoms with van der Waals surface area (Å²) in [6.45, 7) is 4.70. The highest BCUT2D eigenvalue weighted by Gasteiger charge is 2.28. The lowest BCUT2D eigenvalue weighted by atomic mass is 9.87. The number of unbranched alkanes of at least 4 members (excludes halogenated alkanes) is 1. The van der Waals surface area contributed by atoms with Gasteiger partial charge in [0.05, 0.1) is 4.88 Å². The number of amides is 2.